The van der Waals surface area contributed by atoms with Gasteiger partial charge in [0.2, 0.25) is 0 Å². The zero-order valence-corrected chi connectivity index (χ0v) is 11.4. The van der Waals surface area contributed by atoms with E-state index in [9.17, 15) is 8.42 Å². The van der Waals surface area contributed by atoms with Crippen LogP contribution >= 0.6 is 0 Å². The molecule has 2 rings (SSSR count). The average Bonchev–Trinajstić information content (AvgIpc) is 2.80. The monoisotopic (exact) mass is 261 g/mol. The van der Waals surface area contributed by atoms with Crippen molar-refractivity contribution in [3.63, 3.8) is 0 Å². The van der Waals surface area contributed by atoms with Gasteiger partial charge in [-0.3, -0.25) is 0 Å². The normalized spacial score (nSPS) is 28.6. The lowest BCUT2D eigenvalue weighted by molar-refractivity contribution is 0.293. The van der Waals surface area contributed by atoms with E-state index in [1.807, 2.05) is 7.05 Å². The summed E-state index contributed by atoms with van der Waals surface area (Å²) in [5.41, 5.74) is 0. The molecule has 0 amide bonds. The fraction of sp³-hybridized carbons (Fsp3) is 1.00. The second-order valence-electron chi connectivity index (χ2n) is 4.93. The van der Waals surface area contributed by atoms with Crippen molar-refractivity contribution in [2.75, 3.05) is 33.2 Å². The lowest BCUT2D eigenvalue weighted by Crippen LogP contribution is -2.49. The molecule has 0 aliphatic carbocycles. The maximum absolute atomic E-state index is 12.5. The zero-order valence-electron chi connectivity index (χ0n) is 10.6. The van der Waals surface area contributed by atoms with Crippen molar-refractivity contribution >= 4 is 10.2 Å². The Labute approximate surface area is 104 Å². The first-order valence-electron chi connectivity index (χ1n) is 6.58. The molecule has 0 spiro atoms. The Kier molecular flexibility index (Phi) is 4.41. The Morgan fingerprint density at radius 3 is 2.47 bits per heavy atom. The van der Waals surface area contributed by atoms with Gasteiger partial charge in [0.1, 0.15) is 0 Å². The van der Waals surface area contributed by atoms with E-state index in [1.54, 1.807) is 8.61 Å². The molecule has 1 atom stereocenters. The van der Waals surface area contributed by atoms with Gasteiger partial charge < -0.3 is 5.32 Å². The highest BCUT2D eigenvalue weighted by Crippen LogP contribution is 2.24. The van der Waals surface area contributed by atoms with Gasteiger partial charge in [0, 0.05) is 32.2 Å². The molecule has 6 heteroatoms. The van der Waals surface area contributed by atoms with Crippen LogP contribution in [0.25, 0.3) is 0 Å². The van der Waals surface area contributed by atoms with Gasteiger partial charge in [0.05, 0.1) is 0 Å². The van der Waals surface area contributed by atoms with E-state index in [1.165, 1.54) is 0 Å². The van der Waals surface area contributed by atoms with E-state index < -0.39 is 10.2 Å². The Hall–Kier alpha value is -0.170. The minimum absolute atomic E-state index is 0.145. The molecule has 0 aromatic rings. The largest absolute Gasteiger partial charge is 0.318 e. The Morgan fingerprint density at radius 1 is 1.12 bits per heavy atom. The molecular formula is C11H23N3O2S. The van der Waals surface area contributed by atoms with Crippen LogP contribution in [-0.4, -0.2) is 56.3 Å². The summed E-state index contributed by atoms with van der Waals surface area (Å²) in [5, 5.41) is 3.09. The number of hydrogen-bond donors (Lipinski definition) is 1. The minimum Gasteiger partial charge on any atom is -0.318 e. The van der Waals surface area contributed by atoms with Crippen molar-refractivity contribution < 1.29 is 8.42 Å². The molecule has 2 aliphatic heterocycles. The first-order chi connectivity index (χ1) is 8.16. The number of piperidine rings is 1. The molecular weight excluding hydrogens is 238 g/mol. The lowest BCUT2D eigenvalue weighted by Gasteiger charge is -2.32. The van der Waals surface area contributed by atoms with Crippen LogP contribution < -0.4 is 5.32 Å². The summed E-state index contributed by atoms with van der Waals surface area (Å²) in [6.45, 7) is 2.84. The van der Waals surface area contributed by atoms with Crippen LogP contribution in [0.2, 0.25) is 0 Å². The molecule has 0 radical (unpaired) electrons. The quantitative estimate of drug-likeness (QED) is 0.797. The van der Waals surface area contributed by atoms with Gasteiger partial charge in [-0.15, -0.1) is 0 Å². The number of nitrogens with zero attached hydrogens (tertiary/aromatic N) is 2. The molecule has 1 N–H and O–H groups in total. The summed E-state index contributed by atoms with van der Waals surface area (Å²) in [7, 11) is -1.33. The molecule has 2 saturated heterocycles. The molecule has 5 nitrogen and oxygen atoms in total. The van der Waals surface area contributed by atoms with E-state index in [0.717, 1.165) is 38.6 Å². The van der Waals surface area contributed by atoms with Crippen molar-refractivity contribution in [1.29, 1.82) is 0 Å². The third-order valence-corrected chi connectivity index (χ3v) is 5.79. The van der Waals surface area contributed by atoms with Crippen LogP contribution in [0, 0.1) is 0 Å². The van der Waals surface area contributed by atoms with Crippen LogP contribution in [0.4, 0.5) is 0 Å². The molecule has 17 heavy (non-hydrogen) atoms. The Morgan fingerprint density at radius 2 is 1.82 bits per heavy atom. The van der Waals surface area contributed by atoms with Gasteiger partial charge in [-0.2, -0.15) is 17.0 Å². The summed E-state index contributed by atoms with van der Waals surface area (Å²) in [6.07, 6.45) is 5.13. The fourth-order valence-electron chi connectivity index (χ4n) is 2.80. The number of nitrogens with one attached hydrogen (secondary N) is 1. The first-order valence-corrected chi connectivity index (χ1v) is 7.97. The molecule has 100 valence electrons. The predicted molar refractivity (Wildman–Crippen MR) is 68.0 cm³/mol. The van der Waals surface area contributed by atoms with Gasteiger partial charge >= 0.3 is 0 Å². The van der Waals surface area contributed by atoms with Crippen LogP contribution in [0.3, 0.4) is 0 Å². The van der Waals surface area contributed by atoms with Crippen molar-refractivity contribution in [1.82, 2.24) is 13.9 Å². The molecule has 1 unspecified atom stereocenters. The van der Waals surface area contributed by atoms with Crippen molar-refractivity contribution in [3.05, 3.63) is 0 Å². The Bertz CT molecular complexity index is 339. The summed E-state index contributed by atoms with van der Waals surface area (Å²) < 4.78 is 28.4. The number of hydrogen-bond acceptors (Lipinski definition) is 3. The van der Waals surface area contributed by atoms with Crippen LogP contribution in [0.1, 0.15) is 32.1 Å². The smallest absolute Gasteiger partial charge is 0.282 e. The lowest BCUT2D eigenvalue weighted by atomic mass is 10.2. The molecule has 0 aromatic heterocycles. The summed E-state index contributed by atoms with van der Waals surface area (Å²) in [6, 6.07) is 0.145. The Balaban J connectivity index is 2.07. The van der Waals surface area contributed by atoms with Crippen molar-refractivity contribution in [3.8, 4) is 0 Å². The summed E-state index contributed by atoms with van der Waals surface area (Å²) >= 11 is 0. The molecule has 2 aliphatic rings. The topological polar surface area (TPSA) is 52.7 Å². The highest BCUT2D eigenvalue weighted by Gasteiger charge is 2.37. The third kappa shape index (κ3) is 2.81. The van der Waals surface area contributed by atoms with E-state index in [4.69, 9.17) is 0 Å². The van der Waals surface area contributed by atoms with Gasteiger partial charge in [0.25, 0.3) is 10.2 Å². The first kappa shape index (κ1) is 13.3. The third-order valence-electron chi connectivity index (χ3n) is 3.70. The van der Waals surface area contributed by atoms with E-state index in [0.29, 0.717) is 19.6 Å². The van der Waals surface area contributed by atoms with Crippen LogP contribution in [-0.2, 0) is 10.2 Å². The van der Waals surface area contributed by atoms with Gasteiger partial charge in [-0.25, -0.2) is 0 Å². The zero-order chi connectivity index (χ0) is 12.3. The highest BCUT2D eigenvalue weighted by atomic mass is 32.2. The summed E-state index contributed by atoms with van der Waals surface area (Å²) in [5.74, 6) is 0. The number of rotatable bonds is 4. The molecule has 2 fully saturated rings. The second kappa shape index (κ2) is 5.65. The van der Waals surface area contributed by atoms with Crippen LogP contribution in [0.5, 0.6) is 0 Å². The molecule has 0 bridgehead atoms. The van der Waals surface area contributed by atoms with Crippen LogP contribution in [0.15, 0.2) is 0 Å². The maximum Gasteiger partial charge on any atom is 0.282 e. The van der Waals surface area contributed by atoms with E-state index in [-0.39, 0.29) is 6.04 Å². The molecule has 2 heterocycles. The van der Waals surface area contributed by atoms with Crippen molar-refractivity contribution in [2.24, 2.45) is 0 Å². The minimum atomic E-state index is -3.21. The van der Waals surface area contributed by atoms with Gasteiger partial charge in [-0.1, -0.05) is 6.42 Å². The van der Waals surface area contributed by atoms with Gasteiger partial charge in [-0.05, 0) is 32.7 Å². The summed E-state index contributed by atoms with van der Waals surface area (Å²) in [4.78, 5) is 0. The average molecular weight is 261 g/mol. The van der Waals surface area contributed by atoms with E-state index in [2.05, 4.69) is 5.32 Å². The fourth-order valence-corrected chi connectivity index (χ4v) is 4.73. The number of likely N-dealkylation sites (N-methyl/N-ethyl adjacent to an activating group) is 1. The molecule has 0 saturated carbocycles. The predicted octanol–water partition coefficient (Wildman–Crippen LogP) is 0.401. The maximum atomic E-state index is 12.5. The SMILES string of the molecule is CNCC1CCCN1S(=O)(=O)N1CCCCC1. The van der Waals surface area contributed by atoms with E-state index >= 15 is 0 Å². The molecule has 0 aromatic carbocycles. The highest BCUT2D eigenvalue weighted by molar-refractivity contribution is 7.86. The van der Waals surface area contributed by atoms with Gasteiger partial charge in [0.15, 0.2) is 0 Å². The standard InChI is InChI=1S/C11H23N3O2S/c1-12-10-11-6-5-9-14(11)17(15,16)13-7-3-2-4-8-13/h11-12H,2-10H2,1H3. The van der Waals surface area contributed by atoms with Crippen molar-refractivity contribution in [2.45, 2.75) is 38.1 Å². The second-order valence-corrected chi connectivity index (χ2v) is 6.81.